The number of rotatable bonds is 5. The van der Waals surface area contributed by atoms with Gasteiger partial charge in [0.1, 0.15) is 0 Å². The van der Waals surface area contributed by atoms with Gasteiger partial charge in [-0.15, -0.1) is 0 Å². The molecule has 1 aliphatic rings. The Bertz CT molecular complexity index is 1160. The van der Waals surface area contributed by atoms with E-state index >= 15 is 0 Å². The summed E-state index contributed by atoms with van der Waals surface area (Å²) in [6.45, 7) is 2.60. The van der Waals surface area contributed by atoms with Gasteiger partial charge in [-0.3, -0.25) is 9.52 Å². The lowest BCUT2D eigenvalue weighted by atomic mass is 10.1. The van der Waals surface area contributed by atoms with Gasteiger partial charge in [-0.25, -0.2) is 8.42 Å². The summed E-state index contributed by atoms with van der Waals surface area (Å²) in [5.74, 6) is -0.114. The van der Waals surface area contributed by atoms with Gasteiger partial charge in [0.15, 0.2) is 0 Å². The van der Waals surface area contributed by atoms with E-state index in [4.69, 9.17) is 11.6 Å². The molecule has 3 aromatic carbocycles. The molecule has 0 radical (unpaired) electrons. The van der Waals surface area contributed by atoms with Crippen molar-refractivity contribution in [3.8, 4) is 0 Å². The molecular formula is C23H22ClN3O3S. The molecule has 0 spiro atoms. The Morgan fingerprint density at radius 3 is 2.19 bits per heavy atom. The number of piperazine rings is 1. The Hall–Kier alpha value is -3.03. The van der Waals surface area contributed by atoms with Crippen LogP contribution < -0.4 is 9.62 Å². The first-order chi connectivity index (χ1) is 14.9. The van der Waals surface area contributed by atoms with Crippen molar-refractivity contribution in [1.29, 1.82) is 0 Å². The highest BCUT2D eigenvalue weighted by Gasteiger charge is 2.23. The largest absolute Gasteiger partial charge is 0.368 e. The molecule has 0 saturated carbocycles. The predicted molar refractivity (Wildman–Crippen MR) is 123 cm³/mol. The van der Waals surface area contributed by atoms with Gasteiger partial charge in [-0.2, -0.15) is 0 Å². The molecule has 0 atom stereocenters. The molecule has 1 fully saturated rings. The summed E-state index contributed by atoms with van der Waals surface area (Å²) in [5, 5.41) is 0.695. The smallest absolute Gasteiger partial charge is 0.261 e. The maximum atomic E-state index is 13.0. The van der Waals surface area contributed by atoms with Crippen molar-refractivity contribution < 1.29 is 13.2 Å². The minimum atomic E-state index is -3.71. The summed E-state index contributed by atoms with van der Waals surface area (Å²) in [6, 6.07) is 22.4. The van der Waals surface area contributed by atoms with E-state index in [-0.39, 0.29) is 10.8 Å². The summed E-state index contributed by atoms with van der Waals surface area (Å²) < 4.78 is 27.7. The number of carbonyl (C=O) groups is 1. The number of nitrogens with one attached hydrogen (secondary N) is 1. The van der Waals surface area contributed by atoms with E-state index in [2.05, 4.69) is 9.62 Å². The van der Waals surface area contributed by atoms with Crippen molar-refractivity contribution in [2.75, 3.05) is 35.8 Å². The van der Waals surface area contributed by atoms with E-state index in [0.717, 1.165) is 5.69 Å². The summed E-state index contributed by atoms with van der Waals surface area (Å²) in [5.41, 5.74) is 1.89. The van der Waals surface area contributed by atoms with Crippen LogP contribution >= 0.6 is 11.6 Å². The number of nitrogens with zero attached hydrogens (tertiary/aromatic N) is 2. The lowest BCUT2D eigenvalue weighted by molar-refractivity contribution is 0.0747. The molecule has 1 amide bonds. The minimum Gasteiger partial charge on any atom is -0.368 e. The Morgan fingerprint density at radius 1 is 0.839 bits per heavy atom. The first-order valence-corrected chi connectivity index (χ1v) is 11.8. The van der Waals surface area contributed by atoms with E-state index < -0.39 is 10.0 Å². The molecule has 0 aromatic heterocycles. The van der Waals surface area contributed by atoms with Gasteiger partial charge in [0.25, 0.3) is 15.9 Å². The third-order valence-electron chi connectivity index (χ3n) is 5.17. The van der Waals surface area contributed by atoms with Crippen molar-refractivity contribution in [3.05, 3.63) is 89.4 Å². The normalized spacial score (nSPS) is 14.4. The standard InChI is InChI=1S/C23H22ClN3O3S/c24-19-9-11-21(12-10-19)26-13-15-27(16-14-26)23(28)18-5-4-6-20(17-18)25-31(29,30)22-7-2-1-3-8-22/h1-12,17,25H,13-16H2. The summed E-state index contributed by atoms with van der Waals surface area (Å²) in [6.07, 6.45) is 0. The molecule has 1 aliphatic heterocycles. The molecule has 3 aromatic rings. The fraction of sp³-hybridized carbons (Fsp3) is 0.174. The second-order valence-corrected chi connectivity index (χ2v) is 9.37. The van der Waals surface area contributed by atoms with Crippen LogP contribution in [0.15, 0.2) is 83.8 Å². The number of amides is 1. The topological polar surface area (TPSA) is 69.7 Å². The SMILES string of the molecule is O=C(c1cccc(NS(=O)(=O)c2ccccc2)c1)N1CCN(c2ccc(Cl)cc2)CC1. The average molecular weight is 456 g/mol. The Kier molecular flexibility index (Phi) is 6.15. The number of anilines is 2. The van der Waals surface area contributed by atoms with Crippen LogP contribution in [0.25, 0.3) is 0 Å². The molecule has 0 bridgehead atoms. The Balaban J connectivity index is 1.42. The number of hydrogen-bond acceptors (Lipinski definition) is 4. The van der Waals surface area contributed by atoms with Crippen LogP contribution in [-0.4, -0.2) is 45.4 Å². The van der Waals surface area contributed by atoms with Gasteiger partial charge >= 0.3 is 0 Å². The van der Waals surface area contributed by atoms with Crippen molar-refractivity contribution in [2.45, 2.75) is 4.90 Å². The minimum absolute atomic E-state index is 0.114. The van der Waals surface area contributed by atoms with Gasteiger partial charge in [0.2, 0.25) is 0 Å². The zero-order valence-electron chi connectivity index (χ0n) is 16.7. The van der Waals surface area contributed by atoms with Gasteiger partial charge < -0.3 is 9.80 Å². The van der Waals surface area contributed by atoms with Crippen molar-refractivity contribution in [1.82, 2.24) is 4.90 Å². The maximum Gasteiger partial charge on any atom is 0.261 e. The molecule has 8 heteroatoms. The van der Waals surface area contributed by atoms with Gasteiger partial charge in [0.05, 0.1) is 4.90 Å². The maximum absolute atomic E-state index is 13.0. The third kappa shape index (κ3) is 5.00. The first kappa shape index (κ1) is 21.2. The molecule has 160 valence electrons. The molecule has 1 N–H and O–H groups in total. The van der Waals surface area contributed by atoms with Crippen LogP contribution in [-0.2, 0) is 10.0 Å². The fourth-order valence-corrected chi connectivity index (χ4v) is 4.73. The molecule has 31 heavy (non-hydrogen) atoms. The second-order valence-electron chi connectivity index (χ2n) is 7.26. The van der Waals surface area contributed by atoms with Crippen LogP contribution in [0.3, 0.4) is 0 Å². The van der Waals surface area contributed by atoms with Crippen LogP contribution in [0.4, 0.5) is 11.4 Å². The molecule has 0 unspecified atom stereocenters. The van der Waals surface area contributed by atoms with Gasteiger partial charge in [0, 0.05) is 48.1 Å². The van der Waals surface area contributed by atoms with Crippen LogP contribution in [0, 0.1) is 0 Å². The van der Waals surface area contributed by atoms with E-state index in [0.29, 0.717) is 42.5 Å². The van der Waals surface area contributed by atoms with E-state index in [1.54, 1.807) is 47.4 Å². The van der Waals surface area contributed by atoms with Crippen molar-refractivity contribution in [3.63, 3.8) is 0 Å². The number of benzene rings is 3. The zero-order chi connectivity index (χ0) is 21.8. The highest BCUT2D eigenvalue weighted by Crippen LogP contribution is 2.21. The second kappa shape index (κ2) is 8.99. The molecule has 1 saturated heterocycles. The Morgan fingerprint density at radius 2 is 1.52 bits per heavy atom. The summed E-state index contributed by atoms with van der Waals surface area (Å²) in [4.78, 5) is 17.2. The third-order valence-corrected chi connectivity index (χ3v) is 6.82. The highest BCUT2D eigenvalue weighted by molar-refractivity contribution is 7.92. The number of hydrogen-bond donors (Lipinski definition) is 1. The predicted octanol–water partition coefficient (Wildman–Crippen LogP) is 4.10. The van der Waals surface area contributed by atoms with E-state index in [1.807, 2.05) is 24.3 Å². The zero-order valence-corrected chi connectivity index (χ0v) is 18.3. The molecule has 1 heterocycles. The number of sulfonamides is 1. The van der Waals surface area contributed by atoms with Crippen molar-refractivity contribution >= 4 is 38.9 Å². The van der Waals surface area contributed by atoms with E-state index in [1.165, 1.54) is 12.1 Å². The molecule has 0 aliphatic carbocycles. The van der Waals surface area contributed by atoms with Gasteiger partial charge in [-0.05, 0) is 54.6 Å². The Labute approximate surface area is 187 Å². The highest BCUT2D eigenvalue weighted by atomic mass is 35.5. The van der Waals surface area contributed by atoms with E-state index in [9.17, 15) is 13.2 Å². The monoisotopic (exact) mass is 455 g/mol. The van der Waals surface area contributed by atoms with Crippen LogP contribution in [0.5, 0.6) is 0 Å². The summed E-state index contributed by atoms with van der Waals surface area (Å²) in [7, 11) is -3.71. The number of halogens is 1. The van der Waals surface area contributed by atoms with Crippen molar-refractivity contribution in [2.24, 2.45) is 0 Å². The lowest BCUT2D eigenvalue weighted by Gasteiger charge is -2.36. The molecule has 4 rings (SSSR count). The van der Waals surface area contributed by atoms with Crippen LogP contribution in [0.2, 0.25) is 5.02 Å². The fourth-order valence-electron chi connectivity index (χ4n) is 3.53. The first-order valence-electron chi connectivity index (χ1n) is 9.90. The van der Waals surface area contributed by atoms with Crippen LogP contribution in [0.1, 0.15) is 10.4 Å². The molecular weight excluding hydrogens is 434 g/mol. The number of carbonyl (C=O) groups excluding carboxylic acids is 1. The lowest BCUT2D eigenvalue weighted by Crippen LogP contribution is -2.48. The average Bonchev–Trinajstić information content (AvgIpc) is 2.80. The van der Waals surface area contributed by atoms with Gasteiger partial charge in [-0.1, -0.05) is 35.9 Å². The quantitative estimate of drug-likeness (QED) is 0.628. The summed E-state index contributed by atoms with van der Waals surface area (Å²) >= 11 is 5.96. The molecule has 6 nitrogen and oxygen atoms in total.